The third-order valence-corrected chi connectivity index (χ3v) is 7.43. The van der Waals surface area contributed by atoms with Crippen LogP contribution in [0.2, 0.25) is 0 Å². The Labute approximate surface area is 279 Å². The van der Waals surface area contributed by atoms with E-state index in [9.17, 15) is 29.7 Å². The molecule has 236 valence electrons. The van der Waals surface area contributed by atoms with Crippen LogP contribution in [-0.2, 0) is 14.4 Å². The van der Waals surface area contributed by atoms with Crippen molar-refractivity contribution in [3.63, 3.8) is 0 Å². The molecule has 10 heteroatoms. The maximum atomic E-state index is 10.6. The van der Waals surface area contributed by atoms with Gasteiger partial charge in [-0.05, 0) is 73.5 Å². The Morgan fingerprint density at radius 1 is 0.450 bits per heavy atom. The SMILES string of the molecule is CCCCCCC(CCS)C(=O)[O-].CCCCCCC(CCS)C(=O)[O-].CCCCCCC(CCS)C(=O)[O-].[Sb+3]. The van der Waals surface area contributed by atoms with Gasteiger partial charge in [-0.3, -0.25) is 0 Å². The van der Waals surface area contributed by atoms with Gasteiger partial charge in [0, 0.05) is 17.9 Å². The molecule has 0 aliphatic heterocycles. The second-order valence-corrected chi connectivity index (χ2v) is 11.5. The van der Waals surface area contributed by atoms with E-state index in [1.807, 2.05) is 0 Å². The van der Waals surface area contributed by atoms with Crippen LogP contribution < -0.4 is 15.3 Å². The second kappa shape index (κ2) is 37.3. The number of carboxylic acid groups (broad SMARTS) is 3. The predicted octanol–water partition coefficient (Wildman–Crippen LogP) is 4.55. The molecule has 0 aliphatic rings. The van der Waals surface area contributed by atoms with Crippen LogP contribution in [0, 0.1) is 17.8 Å². The Kier molecular flexibility index (Phi) is 44.0. The fourth-order valence-corrected chi connectivity index (χ4v) is 5.00. The number of hydrogen-bond donors (Lipinski definition) is 3. The monoisotopic (exact) mass is 730 g/mol. The van der Waals surface area contributed by atoms with E-state index in [1.54, 1.807) is 0 Å². The number of unbranched alkanes of at least 4 members (excludes halogenated alkanes) is 9. The zero-order valence-corrected chi connectivity index (χ0v) is 30.6. The van der Waals surface area contributed by atoms with Crippen molar-refractivity contribution in [3.8, 4) is 0 Å². The van der Waals surface area contributed by atoms with Crippen molar-refractivity contribution in [2.75, 3.05) is 17.3 Å². The molecule has 0 aromatic rings. The van der Waals surface area contributed by atoms with Crippen molar-refractivity contribution in [1.82, 2.24) is 0 Å². The fraction of sp³-hybridized carbons (Fsp3) is 0.900. The maximum absolute atomic E-state index is 10.6. The van der Waals surface area contributed by atoms with Crippen LogP contribution in [-0.4, -0.2) is 59.6 Å². The third kappa shape index (κ3) is 34.5. The van der Waals surface area contributed by atoms with Gasteiger partial charge >= 0.3 is 24.4 Å². The van der Waals surface area contributed by atoms with Gasteiger partial charge in [0.05, 0.1) is 0 Å². The first kappa shape index (κ1) is 47.2. The van der Waals surface area contributed by atoms with Crippen LogP contribution in [0.15, 0.2) is 0 Å². The molecule has 2 radical (unpaired) electrons. The number of carbonyl (C=O) groups is 3. The number of thiol groups is 3. The van der Waals surface area contributed by atoms with Crippen LogP contribution in [0.4, 0.5) is 0 Å². The first-order valence-corrected chi connectivity index (χ1v) is 17.0. The molecule has 0 saturated heterocycles. The number of carboxylic acids is 3. The van der Waals surface area contributed by atoms with Crippen molar-refractivity contribution in [1.29, 1.82) is 0 Å². The molecule has 0 spiro atoms. The van der Waals surface area contributed by atoms with Crippen LogP contribution >= 0.6 is 37.9 Å². The summed E-state index contributed by atoms with van der Waals surface area (Å²) >= 11 is 12.1. The van der Waals surface area contributed by atoms with Crippen molar-refractivity contribution in [3.05, 3.63) is 0 Å². The van der Waals surface area contributed by atoms with Crippen LogP contribution in [0.3, 0.4) is 0 Å². The minimum atomic E-state index is -0.912. The summed E-state index contributed by atoms with van der Waals surface area (Å²) in [6.07, 6.45) is 17.7. The van der Waals surface area contributed by atoms with E-state index in [4.69, 9.17) is 0 Å². The van der Waals surface area contributed by atoms with E-state index in [-0.39, 0.29) is 42.2 Å². The summed E-state index contributed by atoms with van der Waals surface area (Å²) in [4.78, 5) is 31.8. The Bertz CT molecular complexity index is 493. The summed E-state index contributed by atoms with van der Waals surface area (Å²) < 4.78 is 0. The summed E-state index contributed by atoms with van der Waals surface area (Å²) in [7, 11) is 0. The standard InChI is InChI=1S/3C10H20O2S.Sb/c3*1-2-3-4-5-6-9(7-8-13)10(11)12;/h3*9,13H,2-8H2,1H3,(H,11,12);/q;;;+3/p-3. The van der Waals surface area contributed by atoms with Crippen molar-refractivity contribution in [2.45, 2.75) is 136 Å². The summed E-state index contributed by atoms with van der Waals surface area (Å²) in [5, 5.41) is 31.8. The van der Waals surface area contributed by atoms with E-state index in [2.05, 4.69) is 58.7 Å². The minimum absolute atomic E-state index is 0. The van der Waals surface area contributed by atoms with Gasteiger partial charge in [0.25, 0.3) is 0 Å². The first-order chi connectivity index (χ1) is 18.7. The predicted molar refractivity (Wildman–Crippen MR) is 173 cm³/mol. The second-order valence-electron chi connectivity index (χ2n) is 10.1. The average Bonchev–Trinajstić information content (AvgIpc) is 2.90. The van der Waals surface area contributed by atoms with Crippen LogP contribution in [0.1, 0.15) is 136 Å². The summed E-state index contributed by atoms with van der Waals surface area (Å²) in [6, 6.07) is 0. The molecule has 0 fully saturated rings. The molecule has 0 bridgehead atoms. The van der Waals surface area contributed by atoms with Gasteiger partial charge in [-0.2, -0.15) is 37.9 Å². The topological polar surface area (TPSA) is 120 Å². The third-order valence-electron chi connectivity index (χ3n) is 6.65. The molecule has 0 saturated carbocycles. The van der Waals surface area contributed by atoms with Crippen molar-refractivity contribution in [2.24, 2.45) is 17.8 Å². The smallest absolute Gasteiger partial charge is 0.550 e. The largest absolute Gasteiger partial charge is 3.00 e. The molecular formula is C30H57O6S3Sb. The molecule has 6 nitrogen and oxygen atoms in total. The average molecular weight is 732 g/mol. The number of aliphatic carboxylic acids is 3. The Morgan fingerprint density at radius 3 is 0.825 bits per heavy atom. The van der Waals surface area contributed by atoms with Crippen LogP contribution in [0.5, 0.6) is 0 Å². The van der Waals surface area contributed by atoms with Gasteiger partial charge < -0.3 is 29.7 Å². The van der Waals surface area contributed by atoms with E-state index in [0.29, 0.717) is 36.5 Å². The molecule has 0 aliphatic carbocycles. The quantitative estimate of drug-likeness (QED) is 0.0762. The number of hydrogen-bond acceptors (Lipinski definition) is 9. The van der Waals surface area contributed by atoms with E-state index >= 15 is 0 Å². The van der Waals surface area contributed by atoms with Gasteiger partial charge in [0.1, 0.15) is 0 Å². The van der Waals surface area contributed by atoms with Crippen LogP contribution in [0.25, 0.3) is 0 Å². The molecule has 0 heterocycles. The van der Waals surface area contributed by atoms with Gasteiger partial charge in [0.15, 0.2) is 0 Å². The van der Waals surface area contributed by atoms with Crippen molar-refractivity contribution < 1.29 is 29.7 Å². The molecule has 0 aromatic heterocycles. The Hall–Kier alpha value is 0.278. The van der Waals surface area contributed by atoms with Gasteiger partial charge in [0.2, 0.25) is 0 Å². The van der Waals surface area contributed by atoms with E-state index in [1.165, 1.54) is 38.5 Å². The minimum Gasteiger partial charge on any atom is -0.550 e. The van der Waals surface area contributed by atoms with E-state index in [0.717, 1.165) is 57.8 Å². The maximum Gasteiger partial charge on any atom is 3.00 e. The van der Waals surface area contributed by atoms with E-state index < -0.39 is 17.9 Å². The summed E-state index contributed by atoms with van der Waals surface area (Å²) in [5.74, 6) is -1.69. The summed E-state index contributed by atoms with van der Waals surface area (Å²) in [6.45, 7) is 6.43. The van der Waals surface area contributed by atoms with Gasteiger partial charge in [-0.15, -0.1) is 0 Å². The Balaban J connectivity index is -0.000000240. The fourth-order valence-electron chi connectivity index (χ4n) is 4.06. The zero-order valence-electron chi connectivity index (χ0n) is 25.3. The normalized spacial score (nSPS) is 12.4. The molecule has 0 rings (SSSR count). The van der Waals surface area contributed by atoms with Crippen molar-refractivity contribution >= 4 is 80.2 Å². The molecule has 0 aromatic carbocycles. The molecule has 0 amide bonds. The molecule has 3 unspecified atom stereocenters. The molecular weight excluding hydrogens is 674 g/mol. The number of carbonyl (C=O) groups excluding carboxylic acids is 3. The molecule has 3 atom stereocenters. The first-order valence-electron chi connectivity index (χ1n) is 15.1. The van der Waals surface area contributed by atoms with Gasteiger partial charge in [-0.25, -0.2) is 0 Å². The molecule has 0 N–H and O–H groups in total. The van der Waals surface area contributed by atoms with Gasteiger partial charge in [-0.1, -0.05) is 97.8 Å². The molecule has 40 heavy (non-hydrogen) atoms. The number of rotatable bonds is 24. The summed E-state index contributed by atoms with van der Waals surface area (Å²) in [5.41, 5.74) is 0. The zero-order chi connectivity index (χ0) is 30.3. The Morgan fingerprint density at radius 2 is 0.675 bits per heavy atom.